The van der Waals surface area contributed by atoms with Gasteiger partial charge in [-0.2, -0.15) is 0 Å². The minimum Gasteiger partial charge on any atom is -0.298 e. The molecule has 0 amide bonds. The molecule has 0 radical (unpaired) electrons. The third-order valence-corrected chi connectivity index (χ3v) is 0.447. The summed E-state index contributed by atoms with van der Waals surface area (Å²) in [4.78, 5) is 3.81. The first kappa shape index (κ1) is 15.9. The van der Waals surface area contributed by atoms with Crippen molar-refractivity contribution in [3.63, 3.8) is 0 Å². The van der Waals surface area contributed by atoms with E-state index in [4.69, 9.17) is 0 Å². The van der Waals surface area contributed by atoms with Crippen LogP contribution in [0.1, 0.15) is 41.5 Å². The summed E-state index contributed by atoms with van der Waals surface area (Å²) >= 11 is 0. The first-order chi connectivity index (χ1) is 4.27. The summed E-state index contributed by atoms with van der Waals surface area (Å²) in [5, 5.41) is 0. The minimum absolute atomic E-state index is 1.13. The zero-order chi connectivity index (χ0) is 8.28. The van der Waals surface area contributed by atoms with Crippen LogP contribution in [0.25, 0.3) is 0 Å². The largest absolute Gasteiger partial charge is 0.298 e. The van der Waals surface area contributed by atoms with E-state index in [0.29, 0.717) is 0 Å². The molecular formula is C8H21N. The summed E-state index contributed by atoms with van der Waals surface area (Å²) in [5.41, 5.74) is 1.13. The molecule has 0 aliphatic carbocycles. The summed E-state index contributed by atoms with van der Waals surface area (Å²) in [6, 6.07) is 0. The van der Waals surface area contributed by atoms with Crippen LogP contribution in [0.2, 0.25) is 0 Å². The monoisotopic (exact) mass is 131 g/mol. The number of aliphatic imine (C=N–C) groups is 1. The summed E-state index contributed by atoms with van der Waals surface area (Å²) in [6.07, 6.45) is 0. The van der Waals surface area contributed by atoms with Crippen LogP contribution < -0.4 is 0 Å². The molecule has 0 aromatic carbocycles. The van der Waals surface area contributed by atoms with E-state index in [0.717, 1.165) is 5.71 Å². The quantitative estimate of drug-likeness (QED) is 0.448. The molecule has 9 heavy (non-hydrogen) atoms. The van der Waals surface area contributed by atoms with Crippen molar-refractivity contribution < 1.29 is 0 Å². The van der Waals surface area contributed by atoms with Crippen LogP contribution in [0.3, 0.4) is 0 Å². The van der Waals surface area contributed by atoms with Gasteiger partial charge in [0, 0.05) is 12.8 Å². The van der Waals surface area contributed by atoms with Crippen molar-refractivity contribution in [3.8, 4) is 0 Å². The lowest BCUT2D eigenvalue weighted by atomic mass is 10.5. The number of rotatable bonds is 0. The Morgan fingerprint density at radius 3 is 1.00 bits per heavy atom. The fourth-order valence-electron chi connectivity index (χ4n) is 0. The molecule has 1 heteroatoms. The van der Waals surface area contributed by atoms with Crippen molar-refractivity contribution in [1.82, 2.24) is 0 Å². The summed E-state index contributed by atoms with van der Waals surface area (Å²) in [5.74, 6) is 0. The minimum atomic E-state index is 1.13. The van der Waals surface area contributed by atoms with Gasteiger partial charge in [0.15, 0.2) is 0 Å². The average Bonchev–Trinajstić information content (AvgIpc) is 1.97. The second-order valence-corrected chi connectivity index (χ2v) is 1.17. The normalized spacial score (nSPS) is 5.22. The topological polar surface area (TPSA) is 12.4 Å². The molecule has 0 N–H and O–H groups in total. The van der Waals surface area contributed by atoms with E-state index in [9.17, 15) is 0 Å². The van der Waals surface area contributed by atoms with Crippen molar-refractivity contribution in [2.45, 2.75) is 41.5 Å². The maximum atomic E-state index is 3.81. The zero-order valence-corrected chi connectivity index (χ0v) is 7.95. The van der Waals surface area contributed by atoms with Crippen molar-refractivity contribution in [2.24, 2.45) is 4.99 Å². The van der Waals surface area contributed by atoms with E-state index < -0.39 is 0 Å². The van der Waals surface area contributed by atoms with E-state index in [-0.39, 0.29) is 0 Å². The zero-order valence-electron chi connectivity index (χ0n) is 7.95. The van der Waals surface area contributed by atoms with Crippen LogP contribution in [0, 0.1) is 0 Å². The third kappa shape index (κ3) is 88.4. The van der Waals surface area contributed by atoms with Crippen LogP contribution in [0.5, 0.6) is 0 Å². The van der Waals surface area contributed by atoms with Gasteiger partial charge >= 0.3 is 0 Å². The van der Waals surface area contributed by atoms with Gasteiger partial charge in [-0.1, -0.05) is 27.7 Å². The highest BCUT2D eigenvalue weighted by Crippen LogP contribution is 1.63. The highest BCUT2D eigenvalue weighted by atomic mass is 14.7. The Bertz CT molecular complexity index is 42.5. The maximum Gasteiger partial charge on any atom is 0.0276 e. The van der Waals surface area contributed by atoms with Crippen molar-refractivity contribution >= 4 is 5.71 Å². The second-order valence-electron chi connectivity index (χ2n) is 1.17. The van der Waals surface area contributed by atoms with Crippen LogP contribution in [0.15, 0.2) is 4.99 Å². The summed E-state index contributed by atoms with van der Waals surface area (Å²) in [6.45, 7) is 11.9. The Hall–Kier alpha value is -0.330. The Morgan fingerprint density at radius 1 is 0.889 bits per heavy atom. The molecular weight excluding hydrogens is 110 g/mol. The van der Waals surface area contributed by atoms with Gasteiger partial charge < -0.3 is 0 Å². The molecule has 0 bridgehead atoms. The molecule has 0 rings (SSSR count). The lowest BCUT2D eigenvalue weighted by molar-refractivity contribution is 1.41. The van der Waals surface area contributed by atoms with E-state index in [2.05, 4.69) is 4.99 Å². The highest BCUT2D eigenvalue weighted by Gasteiger charge is 1.62. The molecule has 0 aromatic heterocycles. The van der Waals surface area contributed by atoms with Gasteiger partial charge in [0.25, 0.3) is 0 Å². The van der Waals surface area contributed by atoms with Crippen molar-refractivity contribution in [3.05, 3.63) is 0 Å². The predicted molar refractivity (Wildman–Crippen MR) is 47.4 cm³/mol. The van der Waals surface area contributed by atoms with Gasteiger partial charge in [-0.05, 0) is 13.8 Å². The third-order valence-electron chi connectivity index (χ3n) is 0.447. The summed E-state index contributed by atoms with van der Waals surface area (Å²) in [7, 11) is 1.79. The van der Waals surface area contributed by atoms with E-state index in [1.807, 2.05) is 41.5 Å². The number of nitrogens with zero attached hydrogens (tertiary/aromatic N) is 1. The fourth-order valence-corrected chi connectivity index (χ4v) is 0. The Kier molecular flexibility index (Phi) is 44.7. The van der Waals surface area contributed by atoms with E-state index in [1.54, 1.807) is 7.05 Å². The molecule has 0 aromatic rings. The molecule has 0 heterocycles. The number of hydrogen-bond acceptors (Lipinski definition) is 1. The molecule has 0 spiro atoms. The van der Waals surface area contributed by atoms with Crippen LogP contribution in [-0.4, -0.2) is 12.8 Å². The average molecular weight is 131 g/mol. The maximum absolute atomic E-state index is 3.81. The molecule has 0 aliphatic heterocycles. The molecule has 0 atom stereocenters. The van der Waals surface area contributed by atoms with Crippen LogP contribution >= 0.6 is 0 Å². The molecule has 0 saturated carbocycles. The smallest absolute Gasteiger partial charge is 0.0276 e. The molecule has 0 saturated heterocycles. The summed E-state index contributed by atoms with van der Waals surface area (Å²) < 4.78 is 0. The highest BCUT2D eigenvalue weighted by molar-refractivity contribution is 5.78. The first-order valence-electron chi connectivity index (χ1n) is 3.67. The van der Waals surface area contributed by atoms with Crippen LogP contribution in [0.4, 0.5) is 0 Å². The lowest BCUT2D eigenvalue weighted by Crippen LogP contribution is -1.74. The van der Waals surface area contributed by atoms with Gasteiger partial charge in [-0.3, -0.25) is 4.99 Å². The molecule has 1 nitrogen and oxygen atoms in total. The lowest BCUT2D eigenvalue weighted by Gasteiger charge is -1.74. The van der Waals surface area contributed by atoms with Crippen LogP contribution in [-0.2, 0) is 0 Å². The molecule has 58 valence electrons. The second kappa shape index (κ2) is 25.3. The van der Waals surface area contributed by atoms with E-state index in [1.165, 1.54) is 0 Å². The number of hydrogen-bond donors (Lipinski definition) is 0. The Morgan fingerprint density at radius 2 is 1.00 bits per heavy atom. The fraction of sp³-hybridized carbons (Fsp3) is 0.875. The van der Waals surface area contributed by atoms with Crippen molar-refractivity contribution in [2.75, 3.05) is 7.05 Å². The van der Waals surface area contributed by atoms with Gasteiger partial charge in [-0.25, -0.2) is 0 Å². The Balaban J connectivity index is -0.0000000771. The molecule has 0 aliphatic rings. The SMILES string of the molecule is CC.CC.CN=C(C)C. The Labute approximate surface area is 60.2 Å². The van der Waals surface area contributed by atoms with Gasteiger partial charge in [-0.15, -0.1) is 0 Å². The molecule has 0 fully saturated rings. The standard InChI is InChI=1S/C4H9N.2C2H6/c1-4(2)5-3;2*1-2/h1-3H3;2*1-2H3. The van der Waals surface area contributed by atoms with E-state index >= 15 is 0 Å². The van der Waals surface area contributed by atoms with Gasteiger partial charge in [0.05, 0.1) is 0 Å². The van der Waals surface area contributed by atoms with Gasteiger partial charge in [0.2, 0.25) is 0 Å². The predicted octanol–water partition coefficient (Wildman–Crippen LogP) is 3.15. The molecule has 0 unspecified atom stereocenters. The van der Waals surface area contributed by atoms with Gasteiger partial charge in [0.1, 0.15) is 0 Å². The first-order valence-corrected chi connectivity index (χ1v) is 3.67. The van der Waals surface area contributed by atoms with Crippen molar-refractivity contribution in [1.29, 1.82) is 0 Å².